The number of rotatable bonds is 6. The van der Waals surface area contributed by atoms with Gasteiger partial charge in [-0.25, -0.2) is 4.98 Å². The molecule has 0 saturated carbocycles. The highest BCUT2D eigenvalue weighted by Gasteiger charge is 2.13. The maximum atomic E-state index is 11.8. The number of nitrogens with zero attached hydrogens (tertiary/aromatic N) is 1. The summed E-state index contributed by atoms with van der Waals surface area (Å²) in [6.45, 7) is 2.29. The molecule has 100 valence electrons. The van der Waals surface area contributed by atoms with Crippen molar-refractivity contribution in [3.8, 4) is 5.75 Å². The van der Waals surface area contributed by atoms with Crippen LogP contribution < -0.4 is 10.1 Å². The molecule has 0 aliphatic carbocycles. The summed E-state index contributed by atoms with van der Waals surface area (Å²) >= 11 is 0. The Bertz CT molecular complexity index is 497. The van der Waals surface area contributed by atoms with Crippen LogP contribution in [0.3, 0.4) is 0 Å². The van der Waals surface area contributed by atoms with E-state index in [0.29, 0.717) is 12.3 Å². The van der Waals surface area contributed by atoms with E-state index in [1.807, 2.05) is 30.3 Å². The highest BCUT2D eigenvalue weighted by molar-refractivity contribution is 5.80. The first-order chi connectivity index (χ1) is 9.25. The molecule has 0 spiro atoms. The lowest BCUT2D eigenvalue weighted by Crippen LogP contribution is -2.37. The van der Waals surface area contributed by atoms with Gasteiger partial charge >= 0.3 is 0 Å². The van der Waals surface area contributed by atoms with Crippen molar-refractivity contribution in [1.29, 1.82) is 0 Å². The van der Waals surface area contributed by atoms with Gasteiger partial charge in [0.15, 0.2) is 6.10 Å². The highest BCUT2D eigenvalue weighted by Crippen LogP contribution is 2.10. The molecule has 19 heavy (non-hydrogen) atoms. The van der Waals surface area contributed by atoms with Crippen LogP contribution in [-0.2, 0) is 11.2 Å². The number of amides is 1. The molecular formula is C14H17N3O2. The fourth-order valence-corrected chi connectivity index (χ4v) is 1.64. The van der Waals surface area contributed by atoms with Crippen molar-refractivity contribution >= 4 is 5.91 Å². The molecule has 2 aromatic rings. The highest BCUT2D eigenvalue weighted by atomic mass is 16.5. The van der Waals surface area contributed by atoms with Crippen LogP contribution in [0.1, 0.15) is 12.6 Å². The van der Waals surface area contributed by atoms with Gasteiger partial charge in [-0.15, -0.1) is 0 Å². The van der Waals surface area contributed by atoms with Crippen LogP contribution in [0.5, 0.6) is 5.75 Å². The molecular weight excluding hydrogens is 242 g/mol. The number of benzene rings is 1. The molecule has 0 fully saturated rings. The fourth-order valence-electron chi connectivity index (χ4n) is 1.64. The molecule has 5 heteroatoms. The minimum Gasteiger partial charge on any atom is -0.481 e. The number of H-pyrrole nitrogens is 1. The summed E-state index contributed by atoms with van der Waals surface area (Å²) in [4.78, 5) is 18.7. The Morgan fingerprint density at radius 2 is 2.21 bits per heavy atom. The molecule has 0 bridgehead atoms. The smallest absolute Gasteiger partial charge is 0.260 e. The zero-order valence-electron chi connectivity index (χ0n) is 10.8. The van der Waals surface area contributed by atoms with Crippen molar-refractivity contribution < 1.29 is 9.53 Å². The van der Waals surface area contributed by atoms with Gasteiger partial charge in [-0.2, -0.15) is 0 Å². The van der Waals surface area contributed by atoms with Gasteiger partial charge in [-0.3, -0.25) is 4.79 Å². The standard InChI is InChI=1S/C14H17N3O2/c1-11(19-13-5-3-2-4-6-13)14(18)16-8-7-12-9-15-10-17-12/h2-6,9-11H,7-8H2,1H3,(H,15,17)(H,16,18). The Kier molecular flexibility index (Phi) is 4.55. The van der Waals surface area contributed by atoms with Gasteiger partial charge < -0.3 is 15.0 Å². The van der Waals surface area contributed by atoms with Crippen LogP contribution in [0.4, 0.5) is 0 Å². The molecule has 2 rings (SSSR count). The lowest BCUT2D eigenvalue weighted by Gasteiger charge is -2.14. The van der Waals surface area contributed by atoms with Crippen LogP contribution in [0, 0.1) is 0 Å². The van der Waals surface area contributed by atoms with Crippen molar-refractivity contribution in [2.75, 3.05) is 6.54 Å². The van der Waals surface area contributed by atoms with Gasteiger partial charge in [-0.05, 0) is 19.1 Å². The molecule has 2 N–H and O–H groups in total. The van der Waals surface area contributed by atoms with Gasteiger partial charge in [0.05, 0.1) is 6.33 Å². The van der Waals surface area contributed by atoms with E-state index in [0.717, 1.165) is 12.1 Å². The molecule has 1 atom stereocenters. The van der Waals surface area contributed by atoms with Crippen molar-refractivity contribution in [3.05, 3.63) is 48.5 Å². The van der Waals surface area contributed by atoms with E-state index in [2.05, 4.69) is 15.3 Å². The topological polar surface area (TPSA) is 67.0 Å². The normalized spacial score (nSPS) is 11.8. The summed E-state index contributed by atoms with van der Waals surface area (Å²) in [5.41, 5.74) is 0.997. The molecule has 1 aromatic heterocycles. The quantitative estimate of drug-likeness (QED) is 0.826. The third-order valence-electron chi connectivity index (χ3n) is 2.67. The number of hydrogen-bond donors (Lipinski definition) is 2. The van der Waals surface area contributed by atoms with Gasteiger partial charge in [0.2, 0.25) is 0 Å². The van der Waals surface area contributed by atoms with Crippen LogP contribution in [-0.4, -0.2) is 28.5 Å². The summed E-state index contributed by atoms with van der Waals surface area (Å²) in [5.74, 6) is 0.571. The number of aromatic amines is 1. The Labute approximate surface area is 112 Å². The van der Waals surface area contributed by atoms with E-state index >= 15 is 0 Å². The number of hydrogen-bond acceptors (Lipinski definition) is 3. The Balaban J connectivity index is 1.73. The lowest BCUT2D eigenvalue weighted by molar-refractivity contribution is -0.127. The summed E-state index contributed by atoms with van der Waals surface area (Å²) in [6, 6.07) is 9.31. The first-order valence-electron chi connectivity index (χ1n) is 6.22. The molecule has 0 radical (unpaired) electrons. The van der Waals surface area contributed by atoms with E-state index in [4.69, 9.17) is 4.74 Å². The largest absolute Gasteiger partial charge is 0.481 e. The minimum absolute atomic E-state index is 0.122. The Hall–Kier alpha value is -2.30. The second kappa shape index (κ2) is 6.58. The van der Waals surface area contributed by atoms with Crippen LogP contribution >= 0.6 is 0 Å². The average Bonchev–Trinajstić information content (AvgIpc) is 2.93. The van der Waals surface area contributed by atoms with E-state index in [1.165, 1.54) is 0 Å². The van der Waals surface area contributed by atoms with E-state index in [1.54, 1.807) is 19.4 Å². The third kappa shape index (κ3) is 4.13. The predicted octanol–water partition coefficient (Wildman–Crippen LogP) is 1.54. The van der Waals surface area contributed by atoms with Crippen molar-refractivity contribution in [1.82, 2.24) is 15.3 Å². The summed E-state index contributed by atoms with van der Waals surface area (Å²) in [7, 11) is 0. The number of imidazole rings is 1. The van der Waals surface area contributed by atoms with Gasteiger partial charge in [-0.1, -0.05) is 18.2 Å². The van der Waals surface area contributed by atoms with Gasteiger partial charge in [0.1, 0.15) is 5.75 Å². The number of nitrogens with one attached hydrogen (secondary N) is 2. The van der Waals surface area contributed by atoms with Crippen molar-refractivity contribution in [2.45, 2.75) is 19.4 Å². The van der Waals surface area contributed by atoms with E-state index in [-0.39, 0.29) is 5.91 Å². The monoisotopic (exact) mass is 259 g/mol. The van der Waals surface area contributed by atoms with E-state index < -0.39 is 6.10 Å². The zero-order chi connectivity index (χ0) is 13.5. The molecule has 5 nitrogen and oxygen atoms in total. The number of para-hydroxylation sites is 1. The first kappa shape index (κ1) is 13.1. The van der Waals surface area contributed by atoms with Gasteiger partial charge in [0.25, 0.3) is 5.91 Å². The predicted molar refractivity (Wildman–Crippen MR) is 71.8 cm³/mol. The van der Waals surface area contributed by atoms with Crippen molar-refractivity contribution in [2.24, 2.45) is 0 Å². The number of carbonyl (C=O) groups is 1. The molecule has 0 aliphatic rings. The summed E-state index contributed by atoms with van der Waals surface area (Å²) in [5, 5.41) is 2.83. The number of aromatic nitrogens is 2. The minimum atomic E-state index is -0.510. The number of carbonyl (C=O) groups excluding carboxylic acids is 1. The van der Waals surface area contributed by atoms with Crippen LogP contribution in [0.25, 0.3) is 0 Å². The molecule has 1 unspecified atom stereocenters. The molecule has 0 saturated heterocycles. The molecule has 1 amide bonds. The molecule has 1 aromatic carbocycles. The molecule has 0 aliphatic heterocycles. The third-order valence-corrected chi connectivity index (χ3v) is 2.67. The molecule has 1 heterocycles. The summed E-state index contributed by atoms with van der Waals surface area (Å²) in [6.07, 6.45) is 3.59. The van der Waals surface area contributed by atoms with E-state index in [9.17, 15) is 4.79 Å². The first-order valence-corrected chi connectivity index (χ1v) is 6.22. The second-order valence-electron chi connectivity index (χ2n) is 4.19. The fraction of sp³-hybridized carbons (Fsp3) is 0.286. The maximum absolute atomic E-state index is 11.8. The average molecular weight is 259 g/mol. The Morgan fingerprint density at radius 3 is 2.89 bits per heavy atom. The summed E-state index contributed by atoms with van der Waals surface area (Å²) < 4.78 is 5.53. The maximum Gasteiger partial charge on any atom is 0.260 e. The van der Waals surface area contributed by atoms with Crippen molar-refractivity contribution in [3.63, 3.8) is 0 Å². The van der Waals surface area contributed by atoms with Crippen LogP contribution in [0.15, 0.2) is 42.9 Å². The second-order valence-corrected chi connectivity index (χ2v) is 4.19. The van der Waals surface area contributed by atoms with Gasteiger partial charge in [0, 0.05) is 24.9 Å². The number of ether oxygens (including phenoxy) is 1. The zero-order valence-corrected chi connectivity index (χ0v) is 10.8. The van der Waals surface area contributed by atoms with Crippen LogP contribution in [0.2, 0.25) is 0 Å². The SMILES string of the molecule is CC(Oc1ccccc1)C(=O)NCCc1cnc[nH]1. The lowest BCUT2D eigenvalue weighted by atomic mass is 10.3. The Morgan fingerprint density at radius 1 is 1.42 bits per heavy atom.